The lowest BCUT2D eigenvalue weighted by atomic mass is 10.00. The normalized spacial score (nSPS) is 14.9. The Morgan fingerprint density at radius 3 is 0.957 bits per heavy atom. The number of allylic oxidation sites excluding steroid dienone is 4. The monoisotopic (exact) mass is 1360 g/mol. The van der Waals surface area contributed by atoms with Gasteiger partial charge >= 0.3 is 39.5 Å². The van der Waals surface area contributed by atoms with Crippen molar-refractivity contribution in [1.82, 2.24) is 0 Å². The Morgan fingerprint density at radius 2 is 0.634 bits per heavy atom. The highest BCUT2D eigenvalue weighted by Gasteiger charge is 2.30. The molecule has 7 atom stereocenters. The summed E-state index contributed by atoms with van der Waals surface area (Å²) >= 11 is 0. The SMILES string of the molecule is CCCCCC/C=C\C=C/CCCCCCCC(=O)O[C@H](COC(=O)CCCCCCCCC(C)CC)COP(=O)(O)OC[C@@H](O)COP(=O)(O)OC[C@@H](COC(=O)CCCCCCCCC(C)CC)OC(=O)CCCCCCCCCCCCCCCCCC(C)C. The minimum Gasteiger partial charge on any atom is -0.462 e. The number of aliphatic hydroxyl groups excluding tert-OH is 1. The highest BCUT2D eigenvalue weighted by atomic mass is 31.2. The average molecular weight is 1360 g/mol. The van der Waals surface area contributed by atoms with E-state index in [1.807, 2.05) is 0 Å². The van der Waals surface area contributed by atoms with Crippen LogP contribution in [0.3, 0.4) is 0 Å². The maximum absolute atomic E-state index is 13.0. The summed E-state index contributed by atoms with van der Waals surface area (Å²) in [5.74, 6) is 0.104. The molecule has 0 fully saturated rings. The third-order valence-corrected chi connectivity index (χ3v) is 19.1. The Kier molecular flexibility index (Phi) is 62.5. The summed E-state index contributed by atoms with van der Waals surface area (Å²) in [7, 11) is -9.92. The smallest absolute Gasteiger partial charge is 0.462 e. The molecule has 0 rings (SSSR count). The van der Waals surface area contributed by atoms with E-state index in [-0.39, 0.29) is 25.7 Å². The van der Waals surface area contributed by atoms with Crippen molar-refractivity contribution in [2.75, 3.05) is 39.6 Å². The molecule has 0 aliphatic heterocycles. The standard InChI is InChI=1S/C74H140O17P2/c1-8-11-12-13-14-15-16-17-19-23-26-29-32-43-50-57-73(78)90-69(61-84-71(76)55-48-41-36-34-39-46-53-66(6)9-2)63-88-92(80,81)86-59-68(75)60-87-93(82,83)89-64-70(62-85-72(77)56-49-42-37-35-40-47-54-67(7)10-3)91-74(79)58-51-44-33-30-27-24-21-18-20-22-25-28-31-38-45-52-65(4)5/h15-17,19,65-70,75H,8-14,18,20-64H2,1-7H3,(H,80,81)(H,82,83)/b16-15-,19-17-/t66?,67?,68-,69-,70-/m1/s1. The number of ether oxygens (including phenoxy) is 4. The van der Waals surface area contributed by atoms with Gasteiger partial charge in [-0.05, 0) is 69.1 Å². The van der Waals surface area contributed by atoms with Crippen LogP contribution in [0.2, 0.25) is 0 Å². The van der Waals surface area contributed by atoms with Crippen molar-refractivity contribution in [3.05, 3.63) is 24.3 Å². The summed E-state index contributed by atoms with van der Waals surface area (Å²) in [6, 6.07) is 0. The van der Waals surface area contributed by atoms with E-state index in [2.05, 4.69) is 72.8 Å². The maximum atomic E-state index is 13.0. The summed E-state index contributed by atoms with van der Waals surface area (Å²) in [6.07, 6.45) is 52.2. The highest BCUT2D eigenvalue weighted by Crippen LogP contribution is 2.45. The first-order chi connectivity index (χ1) is 44.8. The molecule has 0 amide bonds. The van der Waals surface area contributed by atoms with E-state index in [0.29, 0.717) is 25.7 Å². The fraction of sp³-hybridized carbons (Fsp3) is 0.892. The van der Waals surface area contributed by atoms with Crippen LogP contribution in [0.25, 0.3) is 0 Å². The molecule has 548 valence electrons. The average Bonchev–Trinajstić information content (AvgIpc) is 2.57. The zero-order chi connectivity index (χ0) is 68.7. The van der Waals surface area contributed by atoms with Gasteiger partial charge in [0.15, 0.2) is 12.2 Å². The summed E-state index contributed by atoms with van der Waals surface area (Å²) in [5, 5.41) is 10.6. The molecule has 4 unspecified atom stereocenters. The fourth-order valence-electron chi connectivity index (χ4n) is 10.6. The maximum Gasteiger partial charge on any atom is 0.472 e. The third kappa shape index (κ3) is 65.3. The molecule has 93 heavy (non-hydrogen) atoms. The van der Waals surface area contributed by atoms with Crippen molar-refractivity contribution in [1.29, 1.82) is 0 Å². The minimum absolute atomic E-state index is 0.0837. The van der Waals surface area contributed by atoms with E-state index < -0.39 is 97.5 Å². The van der Waals surface area contributed by atoms with Gasteiger partial charge in [-0.15, -0.1) is 0 Å². The summed E-state index contributed by atoms with van der Waals surface area (Å²) in [5.41, 5.74) is 0. The molecule has 0 aromatic heterocycles. The zero-order valence-corrected chi connectivity index (χ0v) is 62.0. The van der Waals surface area contributed by atoms with Crippen LogP contribution in [-0.2, 0) is 65.4 Å². The first-order valence-electron chi connectivity index (χ1n) is 37.7. The molecule has 19 heteroatoms. The van der Waals surface area contributed by atoms with Crippen LogP contribution >= 0.6 is 15.6 Å². The molecule has 0 aromatic rings. The lowest BCUT2D eigenvalue weighted by Crippen LogP contribution is -2.30. The van der Waals surface area contributed by atoms with Gasteiger partial charge in [0.25, 0.3) is 0 Å². The molecule has 3 N–H and O–H groups in total. The summed E-state index contributed by atoms with van der Waals surface area (Å²) in [6.45, 7) is 11.8. The second-order valence-electron chi connectivity index (χ2n) is 27.0. The van der Waals surface area contributed by atoms with E-state index in [1.165, 1.54) is 135 Å². The van der Waals surface area contributed by atoms with Crippen molar-refractivity contribution in [2.24, 2.45) is 17.8 Å². The van der Waals surface area contributed by atoms with E-state index in [9.17, 15) is 43.2 Å². The second kappa shape index (κ2) is 64.2. The number of esters is 4. The van der Waals surface area contributed by atoms with Crippen LogP contribution in [0.5, 0.6) is 0 Å². The number of aliphatic hydroxyl groups is 1. The van der Waals surface area contributed by atoms with E-state index in [4.69, 9.17) is 37.0 Å². The number of carbonyl (C=O) groups is 4. The van der Waals surface area contributed by atoms with Crippen LogP contribution in [-0.4, -0.2) is 96.7 Å². The number of phosphoric acid groups is 2. The molecule has 0 aliphatic carbocycles. The fourth-order valence-corrected chi connectivity index (χ4v) is 12.2. The van der Waals surface area contributed by atoms with E-state index in [1.54, 1.807) is 0 Å². The van der Waals surface area contributed by atoms with Crippen molar-refractivity contribution >= 4 is 39.5 Å². The number of hydrogen-bond donors (Lipinski definition) is 3. The van der Waals surface area contributed by atoms with Gasteiger partial charge in [0.1, 0.15) is 19.3 Å². The Labute approximate surface area is 567 Å². The number of phosphoric ester groups is 2. The van der Waals surface area contributed by atoms with Crippen LogP contribution in [0.1, 0.15) is 350 Å². The van der Waals surface area contributed by atoms with Crippen molar-refractivity contribution in [2.45, 2.75) is 369 Å². The van der Waals surface area contributed by atoms with Crippen LogP contribution < -0.4 is 0 Å². The van der Waals surface area contributed by atoms with Gasteiger partial charge < -0.3 is 33.8 Å². The Hall–Kier alpha value is -2.46. The van der Waals surface area contributed by atoms with Gasteiger partial charge in [0.2, 0.25) is 0 Å². The first-order valence-corrected chi connectivity index (χ1v) is 40.7. The minimum atomic E-state index is -4.96. The number of hydrogen-bond acceptors (Lipinski definition) is 15. The third-order valence-electron chi connectivity index (χ3n) is 17.2. The molecule has 0 aliphatic rings. The molecule has 0 bridgehead atoms. The Bertz CT molecular complexity index is 1920. The van der Waals surface area contributed by atoms with Crippen molar-refractivity contribution in [3.8, 4) is 0 Å². The van der Waals surface area contributed by atoms with Gasteiger partial charge in [0, 0.05) is 25.7 Å². The van der Waals surface area contributed by atoms with Crippen LogP contribution in [0.4, 0.5) is 0 Å². The van der Waals surface area contributed by atoms with Crippen LogP contribution in [0, 0.1) is 17.8 Å². The van der Waals surface area contributed by atoms with Gasteiger partial charge in [-0.3, -0.25) is 37.3 Å². The molecule has 0 heterocycles. The van der Waals surface area contributed by atoms with E-state index in [0.717, 1.165) is 133 Å². The van der Waals surface area contributed by atoms with Crippen molar-refractivity contribution in [3.63, 3.8) is 0 Å². The predicted molar refractivity (Wildman–Crippen MR) is 377 cm³/mol. The van der Waals surface area contributed by atoms with Gasteiger partial charge in [-0.25, -0.2) is 9.13 Å². The molecule has 0 spiro atoms. The summed E-state index contributed by atoms with van der Waals surface area (Å²) < 4.78 is 68.4. The lowest BCUT2D eigenvalue weighted by molar-refractivity contribution is -0.161. The molecule has 0 radical (unpaired) electrons. The van der Waals surface area contributed by atoms with Crippen LogP contribution in [0.15, 0.2) is 24.3 Å². The summed E-state index contributed by atoms with van der Waals surface area (Å²) in [4.78, 5) is 72.7. The van der Waals surface area contributed by atoms with E-state index >= 15 is 0 Å². The number of unbranched alkanes of at least 4 members (excludes halogenated alkanes) is 33. The molecule has 0 saturated carbocycles. The lowest BCUT2D eigenvalue weighted by Gasteiger charge is -2.21. The Morgan fingerprint density at radius 1 is 0.355 bits per heavy atom. The molecular weight excluding hydrogens is 1220 g/mol. The first kappa shape index (κ1) is 90.5. The van der Waals surface area contributed by atoms with Gasteiger partial charge in [-0.2, -0.15) is 0 Å². The topological polar surface area (TPSA) is 237 Å². The number of rotatable bonds is 70. The second-order valence-corrected chi connectivity index (χ2v) is 29.9. The van der Waals surface area contributed by atoms with Gasteiger partial charge in [-0.1, -0.05) is 297 Å². The largest absolute Gasteiger partial charge is 0.472 e. The zero-order valence-electron chi connectivity index (χ0n) is 60.2. The predicted octanol–water partition coefficient (Wildman–Crippen LogP) is 21.0. The highest BCUT2D eigenvalue weighted by molar-refractivity contribution is 7.47. The molecule has 0 aromatic carbocycles. The van der Waals surface area contributed by atoms with Crippen molar-refractivity contribution < 1.29 is 80.2 Å². The molecular formula is C74H140O17P2. The molecule has 17 nitrogen and oxygen atoms in total. The molecule has 0 saturated heterocycles. The number of carbonyl (C=O) groups excluding carboxylic acids is 4. The van der Waals surface area contributed by atoms with Gasteiger partial charge in [0.05, 0.1) is 26.4 Å². The quantitative estimate of drug-likeness (QED) is 0.0169. The Balaban J connectivity index is 5.26.